The summed E-state index contributed by atoms with van der Waals surface area (Å²) in [5.41, 5.74) is 1.07. The van der Waals surface area contributed by atoms with E-state index < -0.39 is 0 Å². The number of benzene rings is 1. The molecule has 3 rings (SSSR count). The molecule has 0 spiro atoms. The molecule has 1 aromatic carbocycles. The van der Waals surface area contributed by atoms with Gasteiger partial charge in [-0.1, -0.05) is 25.1 Å². The molecule has 0 amide bonds. The van der Waals surface area contributed by atoms with Crippen LogP contribution < -0.4 is 5.56 Å². The Morgan fingerprint density at radius 1 is 1.25 bits per heavy atom. The highest BCUT2D eigenvalue weighted by Crippen LogP contribution is 2.16. The number of nitrogens with one attached hydrogen (secondary N) is 1. The summed E-state index contributed by atoms with van der Waals surface area (Å²) in [5.74, 6) is 1.09. The van der Waals surface area contributed by atoms with Crippen molar-refractivity contribution in [3.63, 3.8) is 0 Å². The average Bonchev–Trinajstić information content (AvgIpc) is 2.90. The van der Waals surface area contributed by atoms with E-state index >= 15 is 0 Å². The van der Waals surface area contributed by atoms with Crippen LogP contribution in [-0.2, 0) is 13.0 Å². The fraction of sp³-hybridized carbons (Fsp3) is 0.250. The zero-order chi connectivity index (χ0) is 13.9. The van der Waals surface area contributed by atoms with Crippen molar-refractivity contribution in [1.82, 2.24) is 14.5 Å². The van der Waals surface area contributed by atoms with Crippen molar-refractivity contribution in [3.05, 3.63) is 64.6 Å². The van der Waals surface area contributed by atoms with E-state index in [1.54, 1.807) is 6.20 Å². The molecule has 102 valence electrons. The SMILES string of the molecule is CCCc1nccn1Cc1c[nH]c(=O)c2ccccc12. The minimum atomic E-state index is -0.0382. The quantitative estimate of drug-likeness (QED) is 0.790. The molecule has 0 aliphatic rings. The van der Waals surface area contributed by atoms with Gasteiger partial charge in [0, 0.05) is 30.4 Å². The number of nitrogens with zero attached hydrogens (tertiary/aromatic N) is 2. The molecule has 0 bridgehead atoms. The summed E-state index contributed by atoms with van der Waals surface area (Å²) in [6.45, 7) is 2.88. The second-order valence-electron chi connectivity index (χ2n) is 4.91. The first-order valence-electron chi connectivity index (χ1n) is 6.89. The lowest BCUT2D eigenvalue weighted by Crippen LogP contribution is -2.10. The van der Waals surface area contributed by atoms with Crippen LogP contribution in [0.2, 0.25) is 0 Å². The molecule has 0 aliphatic heterocycles. The second-order valence-corrected chi connectivity index (χ2v) is 4.91. The van der Waals surface area contributed by atoms with E-state index in [1.807, 2.05) is 36.7 Å². The summed E-state index contributed by atoms with van der Waals surface area (Å²) in [6, 6.07) is 7.71. The van der Waals surface area contributed by atoms with Gasteiger partial charge < -0.3 is 9.55 Å². The highest BCUT2D eigenvalue weighted by molar-refractivity contribution is 5.84. The number of pyridine rings is 1. The van der Waals surface area contributed by atoms with Gasteiger partial charge in [-0.15, -0.1) is 0 Å². The van der Waals surface area contributed by atoms with Crippen molar-refractivity contribution in [1.29, 1.82) is 0 Å². The van der Waals surface area contributed by atoms with Gasteiger partial charge in [0.2, 0.25) is 0 Å². The van der Waals surface area contributed by atoms with Gasteiger partial charge in [-0.05, 0) is 23.4 Å². The number of H-pyrrole nitrogens is 1. The summed E-state index contributed by atoms with van der Waals surface area (Å²) in [4.78, 5) is 19.0. The number of fused-ring (bicyclic) bond motifs is 1. The Kier molecular flexibility index (Phi) is 3.37. The maximum Gasteiger partial charge on any atom is 0.255 e. The van der Waals surface area contributed by atoms with Crippen molar-refractivity contribution >= 4 is 10.8 Å². The molecule has 0 radical (unpaired) electrons. The van der Waals surface area contributed by atoms with Gasteiger partial charge in [0.25, 0.3) is 5.56 Å². The van der Waals surface area contributed by atoms with Crippen LogP contribution in [0, 0.1) is 0 Å². The van der Waals surface area contributed by atoms with Gasteiger partial charge in [-0.2, -0.15) is 0 Å². The third kappa shape index (κ3) is 2.25. The first-order chi connectivity index (χ1) is 9.79. The minimum Gasteiger partial charge on any atom is -0.330 e. The maximum atomic E-state index is 11.8. The van der Waals surface area contributed by atoms with E-state index in [-0.39, 0.29) is 5.56 Å². The molecular formula is C16H17N3O. The summed E-state index contributed by atoms with van der Waals surface area (Å²) in [5, 5.41) is 1.74. The number of hydrogen-bond donors (Lipinski definition) is 1. The molecule has 0 unspecified atom stereocenters. The highest BCUT2D eigenvalue weighted by atomic mass is 16.1. The Hall–Kier alpha value is -2.36. The molecule has 0 fully saturated rings. The summed E-state index contributed by atoms with van der Waals surface area (Å²) in [7, 11) is 0. The topological polar surface area (TPSA) is 50.7 Å². The maximum absolute atomic E-state index is 11.8. The Bertz CT molecular complexity index is 786. The molecule has 2 aromatic heterocycles. The number of imidazole rings is 1. The standard InChI is InChI=1S/C16H17N3O/c1-2-5-15-17-8-9-19(15)11-12-10-18-16(20)14-7-4-3-6-13(12)14/h3-4,6-10H,2,5,11H2,1H3,(H,18,20). The molecule has 2 heterocycles. The largest absolute Gasteiger partial charge is 0.330 e. The van der Waals surface area contributed by atoms with E-state index in [0.717, 1.165) is 41.5 Å². The van der Waals surface area contributed by atoms with Crippen LogP contribution in [0.3, 0.4) is 0 Å². The van der Waals surface area contributed by atoms with E-state index in [9.17, 15) is 4.79 Å². The molecule has 0 aliphatic carbocycles. The zero-order valence-corrected chi connectivity index (χ0v) is 11.5. The van der Waals surface area contributed by atoms with Gasteiger partial charge in [0.1, 0.15) is 5.82 Å². The first kappa shape index (κ1) is 12.7. The number of aryl methyl sites for hydroxylation is 1. The lowest BCUT2D eigenvalue weighted by atomic mass is 10.1. The van der Waals surface area contributed by atoms with Gasteiger partial charge in [-0.25, -0.2) is 4.98 Å². The minimum absolute atomic E-state index is 0.0382. The van der Waals surface area contributed by atoms with Crippen molar-refractivity contribution in [3.8, 4) is 0 Å². The zero-order valence-electron chi connectivity index (χ0n) is 11.5. The van der Waals surface area contributed by atoms with Gasteiger partial charge >= 0.3 is 0 Å². The summed E-state index contributed by atoms with van der Waals surface area (Å²) in [6.07, 6.45) is 7.67. The molecule has 0 atom stereocenters. The molecule has 4 nitrogen and oxygen atoms in total. The van der Waals surface area contributed by atoms with Crippen LogP contribution in [0.1, 0.15) is 24.7 Å². The predicted molar refractivity (Wildman–Crippen MR) is 79.9 cm³/mol. The molecular weight excluding hydrogens is 250 g/mol. The van der Waals surface area contributed by atoms with Crippen molar-refractivity contribution < 1.29 is 0 Å². The number of hydrogen-bond acceptors (Lipinski definition) is 2. The summed E-state index contributed by atoms with van der Waals surface area (Å²) >= 11 is 0. The van der Waals surface area contributed by atoms with Crippen LogP contribution in [0.25, 0.3) is 10.8 Å². The fourth-order valence-corrected chi connectivity index (χ4v) is 2.52. The van der Waals surface area contributed by atoms with Gasteiger partial charge in [-0.3, -0.25) is 4.79 Å². The fourth-order valence-electron chi connectivity index (χ4n) is 2.52. The van der Waals surface area contributed by atoms with Gasteiger partial charge in [0.05, 0.1) is 6.54 Å². The third-order valence-electron chi connectivity index (χ3n) is 3.51. The van der Waals surface area contributed by atoms with Crippen molar-refractivity contribution in [2.45, 2.75) is 26.3 Å². The van der Waals surface area contributed by atoms with E-state index in [2.05, 4.69) is 21.5 Å². The third-order valence-corrected chi connectivity index (χ3v) is 3.51. The molecule has 0 saturated heterocycles. The number of aromatic nitrogens is 3. The smallest absolute Gasteiger partial charge is 0.255 e. The monoisotopic (exact) mass is 267 g/mol. The molecule has 20 heavy (non-hydrogen) atoms. The Morgan fingerprint density at radius 2 is 2.05 bits per heavy atom. The predicted octanol–water partition coefficient (Wildman–Crippen LogP) is 2.73. The molecule has 0 saturated carbocycles. The molecule has 1 N–H and O–H groups in total. The van der Waals surface area contributed by atoms with Gasteiger partial charge in [0.15, 0.2) is 0 Å². The molecule has 3 aromatic rings. The second kappa shape index (κ2) is 5.33. The van der Waals surface area contributed by atoms with Crippen LogP contribution in [0.15, 0.2) is 47.7 Å². The van der Waals surface area contributed by atoms with Crippen LogP contribution in [0.4, 0.5) is 0 Å². The van der Waals surface area contributed by atoms with Crippen LogP contribution in [-0.4, -0.2) is 14.5 Å². The van der Waals surface area contributed by atoms with Crippen molar-refractivity contribution in [2.24, 2.45) is 0 Å². The van der Waals surface area contributed by atoms with E-state index in [0.29, 0.717) is 0 Å². The number of rotatable bonds is 4. The molecule has 4 heteroatoms. The number of aromatic amines is 1. The Morgan fingerprint density at radius 3 is 2.85 bits per heavy atom. The Labute approximate surface area is 117 Å². The van der Waals surface area contributed by atoms with Crippen LogP contribution in [0.5, 0.6) is 0 Å². The first-order valence-corrected chi connectivity index (χ1v) is 6.89. The van der Waals surface area contributed by atoms with Crippen molar-refractivity contribution in [2.75, 3.05) is 0 Å². The Balaban J connectivity index is 2.05. The lowest BCUT2D eigenvalue weighted by molar-refractivity contribution is 0.706. The van der Waals surface area contributed by atoms with E-state index in [4.69, 9.17) is 0 Å². The van der Waals surface area contributed by atoms with E-state index in [1.165, 1.54) is 0 Å². The highest BCUT2D eigenvalue weighted by Gasteiger charge is 2.07. The summed E-state index contributed by atoms with van der Waals surface area (Å²) < 4.78 is 2.14. The normalized spacial score (nSPS) is 11.1. The van der Waals surface area contributed by atoms with Crippen LogP contribution >= 0.6 is 0 Å². The lowest BCUT2D eigenvalue weighted by Gasteiger charge is -2.09. The average molecular weight is 267 g/mol.